The summed E-state index contributed by atoms with van der Waals surface area (Å²) in [6.07, 6.45) is -1.71. The Hall–Kier alpha value is -2.70. The number of amides is 3. The summed E-state index contributed by atoms with van der Waals surface area (Å²) in [7, 11) is 0. The predicted octanol–water partition coefficient (Wildman–Crippen LogP) is 3.69. The van der Waals surface area contributed by atoms with Crippen LogP contribution in [0.15, 0.2) is 29.3 Å². The van der Waals surface area contributed by atoms with Gasteiger partial charge in [-0.1, -0.05) is 18.2 Å². The number of aliphatic imine (C=N–C) groups is 1. The number of anilines is 1. The summed E-state index contributed by atoms with van der Waals surface area (Å²) >= 11 is 0. The second kappa shape index (κ2) is 6.31. The van der Waals surface area contributed by atoms with Crippen LogP contribution >= 0.6 is 0 Å². The molecule has 0 saturated heterocycles. The van der Waals surface area contributed by atoms with Crippen molar-refractivity contribution in [2.24, 2.45) is 4.99 Å². The quantitative estimate of drug-likeness (QED) is 0.715. The van der Waals surface area contributed by atoms with E-state index in [4.69, 9.17) is 9.47 Å². The minimum atomic E-state index is -0.892. The van der Waals surface area contributed by atoms with Crippen molar-refractivity contribution in [3.63, 3.8) is 0 Å². The monoisotopic (exact) mass is 346 g/mol. The molecule has 0 saturated carbocycles. The van der Waals surface area contributed by atoms with Crippen LogP contribution in [0, 0.1) is 0 Å². The molecule has 0 aromatic heterocycles. The van der Waals surface area contributed by atoms with E-state index in [1.807, 2.05) is 0 Å². The molecule has 0 spiro atoms. The van der Waals surface area contributed by atoms with Crippen LogP contribution in [0.4, 0.5) is 15.3 Å². The van der Waals surface area contributed by atoms with E-state index < -0.39 is 29.3 Å². The molecule has 0 radical (unpaired) electrons. The van der Waals surface area contributed by atoms with Gasteiger partial charge in [0.05, 0.1) is 5.69 Å². The number of imide groups is 1. The highest BCUT2D eigenvalue weighted by Gasteiger charge is 2.40. The Morgan fingerprint density at radius 1 is 0.960 bits per heavy atom. The van der Waals surface area contributed by atoms with Crippen LogP contribution in [0.25, 0.3) is 0 Å². The zero-order valence-electron chi connectivity index (χ0n) is 15.2. The van der Waals surface area contributed by atoms with Crippen LogP contribution in [0.5, 0.6) is 0 Å². The molecule has 1 aromatic carbocycles. The zero-order chi connectivity index (χ0) is 19.0. The van der Waals surface area contributed by atoms with Gasteiger partial charge in [-0.2, -0.15) is 4.99 Å². The fourth-order valence-electron chi connectivity index (χ4n) is 2.17. The maximum Gasteiger partial charge on any atom is 0.434 e. The van der Waals surface area contributed by atoms with Crippen molar-refractivity contribution in [3.8, 4) is 0 Å². The lowest BCUT2D eigenvalue weighted by atomic mass is 10.1. The zero-order valence-corrected chi connectivity index (χ0v) is 15.2. The number of benzene rings is 1. The van der Waals surface area contributed by atoms with Crippen LogP contribution < -0.4 is 4.90 Å². The Morgan fingerprint density at radius 2 is 1.52 bits per heavy atom. The van der Waals surface area contributed by atoms with Crippen molar-refractivity contribution in [3.05, 3.63) is 29.8 Å². The molecule has 7 nitrogen and oxygen atoms in total. The lowest BCUT2D eigenvalue weighted by Crippen LogP contribution is -2.40. The van der Waals surface area contributed by atoms with Crippen LogP contribution in [-0.2, 0) is 14.3 Å². The summed E-state index contributed by atoms with van der Waals surface area (Å²) in [5, 5.41) is 0. The summed E-state index contributed by atoms with van der Waals surface area (Å²) in [6.45, 7) is 10.2. The molecule has 0 aliphatic carbocycles. The van der Waals surface area contributed by atoms with E-state index in [1.54, 1.807) is 65.8 Å². The highest BCUT2D eigenvalue weighted by atomic mass is 16.6. The smallest absolute Gasteiger partial charge is 0.434 e. The largest absolute Gasteiger partial charge is 0.443 e. The van der Waals surface area contributed by atoms with Gasteiger partial charge < -0.3 is 9.47 Å². The van der Waals surface area contributed by atoms with Gasteiger partial charge in [-0.3, -0.25) is 4.79 Å². The highest BCUT2D eigenvalue weighted by molar-refractivity contribution is 6.58. The van der Waals surface area contributed by atoms with Crippen molar-refractivity contribution in [1.29, 1.82) is 0 Å². The number of carbonyl (C=O) groups excluding carboxylic acids is 3. The lowest BCUT2D eigenvalue weighted by Gasteiger charge is -2.23. The summed E-state index contributed by atoms with van der Waals surface area (Å²) in [5.74, 6) is -0.721. The van der Waals surface area contributed by atoms with E-state index in [0.717, 1.165) is 4.90 Å². The fraction of sp³-hybridized carbons (Fsp3) is 0.444. The molecule has 1 heterocycles. The summed E-state index contributed by atoms with van der Waals surface area (Å²) in [6, 6.07) is 6.57. The van der Waals surface area contributed by atoms with Gasteiger partial charge in [0, 0.05) is 5.56 Å². The van der Waals surface area contributed by atoms with E-state index in [2.05, 4.69) is 4.99 Å². The van der Waals surface area contributed by atoms with Crippen molar-refractivity contribution >= 4 is 29.5 Å². The van der Waals surface area contributed by atoms with E-state index in [0.29, 0.717) is 11.3 Å². The van der Waals surface area contributed by atoms with Gasteiger partial charge in [-0.15, -0.1) is 0 Å². The lowest BCUT2D eigenvalue weighted by molar-refractivity contribution is -0.112. The number of para-hydroxylation sites is 1. The Bertz CT molecular complexity index is 753. The fourth-order valence-corrected chi connectivity index (χ4v) is 2.17. The maximum atomic E-state index is 12.7. The third-order valence-electron chi connectivity index (χ3n) is 2.98. The van der Waals surface area contributed by atoms with Gasteiger partial charge in [0.15, 0.2) is 0 Å². The first-order valence-corrected chi connectivity index (χ1v) is 7.87. The number of hydrogen-bond donors (Lipinski definition) is 0. The van der Waals surface area contributed by atoms with Gasteiger partial charge in [0.25, 0.3) is 5.91 Å². The summed E-state index contributed by atoms with van der Waals surface area (Å²) in [5.41, 5.74) is -0.950. The number of nitrogens with zero attached hydrogens (tertiary/aromatic N) is 2. The number of carbonyl (C=O) groups is 3. The van der Waals surface area contributed by atoms with Crippen molar-refractivity contribution in [2.75, 3.05) is 4.90 Å². The van der Waals surface area contributed by atoms with Crippen LogP contribution in [0.3, 0.4) is 0 Å². The predicted molar refractivity (Wildman–Crippen MR) is 92.9 cm³/mol. The molecule has 25 heavy (non-hydrogen) atoms. The Labute approximate surface area is 146 Å². The van der Waals surface area contributed by atoms with Gasteiger partial charge in [-0.25, -0.2) is 14.5 Å². The second-order valence-electron chi connectivity index (χ2n) is 7.58. The number of fused-ring (bicyclic) bond motifs is 1. The van der Waals surface area contributed by atoms with Gasteiger partial charge >= 0.3 is 12.2 Å². The molecular formula is C18H22N2O5. The van der Waals surface area contributed by atoms with Crippen molar-refractivity contribution < 1.29 is 23.9 Å². The standard InChI is InChI=1S/C18H22N2O5/c1-17(2,3)24-15(22)19-13-11-9-7-8-10-12(11)20(14(13)21)16(23)25-18(4,5)6/h7-10H,1-6H3/b19-13+. The molecule has 1 aliphatic rings. The first-order valence-electron chi connectivity index (χ1n) is 7.87. The molecule has 2 rings (SSSR count). The number of rotatable bonds is 0. The molecule has 0 bridgehead atoms. The van der Waals surface area contributed by atoms with E-state index in [-0.39, 0.29) is 5.71 Å². The SMILES string of the molecule is CC(C)(C)OC(=O)/N=C1/C(=O)N(C(=O)OC(C)(C)C)c2ccccc21. The topological polar surface area (TPSA) is 85.3 Å². The minimum Gasteiger partial charge on any atom is -0.443 e. The van der Waals surface area contributed by atoms with Crippen LogP contribution in [0.1, 0.15) is 47.1 Å². The Morgan fingerprint density at radius 3 is 2.08 bits per heavy atom. The summed E-state index contributed by atoms with van der Waals surface area (Å²) < 4.78 is 10.4. The first kappa shape index (κ1) is 18.6. The molecule has 3 amide bonds. The average molecular weight is 346 g/mol. The van der Waals surface area contributed by atoms with Gasteiger partial charge in [-0.05, 0) is 47.6 Å². The molecule has 7 heteroatoms. The molecule has 0 atom stereocenters. The van der Waals surface area contributed by atoms with Crippen molar-refractivity contribution in [1.82, 2.24) is 0 Å². The van der Waals surface area contributed by atoms with Crippen molar-refractivity contribution in [2.45, 2.75) is 52.7 Å². The number of ether oxygens (including phenoxy) is 2. The Balaban J connectivity index is 2.41. The van der Waals surface area contributed by atoms with E-state index >= 15 is 0 Å². The molecule has 0 N–H and O–H groups in total. The van der Waals surface area contributed by atoms with Crippen LogP contribution in [-0.4, -0.2) is 35.0 Å². The molecule has 0 fully saturated rings. The third-order valence-corrected chi connectivity index (χ3v) is 2.98. The van der Waals surface area contributed by atoms with Crippen LogP contribution in [0.2, 0.25) is 0 Å². The highest BCUT2D eigenvalue weighted by Crippen LogP contribution is 2.31. The van der Waals surface area contributed by atoms with Gasteiger partial charge in [0.2, 0.25) is 0 Å². The molecular weight excluding hydrogens is 324 g/mol. The number of hydrogen-bond acceptors (Lipinski definition) is 5. The van der Waals surface area contributed by atoms with E-state index in [1.165, 1.54) is 0 Å². The third kappa shape index (κ3) is 4.43. The summed E-state index contributed by atoms with van der Waals surface area (Å²) in [4.78, 5) is 41.7. The first-order chi connectivity index (χ1) is 11.4. The molecule has 134 valence electrons. The molecule has 1 aromatic rings. The Kier molecular flexibility index (Phi) is 4.70. The average Bonchev–Trinajstić information content (AvgIpc) is 2.68. The maximum absolute atomic E-state index is 12.7. The normalized spacial score (nSPS) is 16.0. The molecule has 0 unspecified atom stereocenters. The van der Waals surface area contributed by atoms with Gasteiger partial charge in [0.1, 0.15) is 16.9 Å². The van der Waals surface area contributed by atoms with E-state index in [9.17, 15) is 14.4 Å². The minimum absolute atomic E-state index is 0.143. The molecule has 1 aliphatic heterocycles. The second-order valence-corrected chi connectivity index (χ2v) is 7.58.